The minimum absolute atomic E-state index is 0.151. The van der Waals surface area contributed by atoms with Gasteiger partial charge < -0.3 is 15.4 Å². The minimum atomic E-state index is -0.657. The number of rotatable bonds is 7. The fourth-order valence-corrected chi connectivity index (χ4v) is 2.55. The Labute approximate surface area is 148 Å². The molecule has 24 heavy (non-hydrogen) atoms. The number of aryl methyl sites for hydroxylation is 1. The number of benzene rings is 1. The van der Waals surface area contributed by atoms with E-state index >= 15 is 0 Å². The zero-order valence-electron chi connectivity index (χ0n) is 13.0. The highest BCUT2D eigenvalue weighted by atomic mass is 35.5. The Morgan fingerprint density at radius 2 is 2.25 bits per heavy atom. The Morgan fingerprint density at radius 1 is 1.46 bits per heavy atom. The number of amides is 1. The van der Waals surface area contributed by atoms with Gasteiger partial charge in [0.2, 0.25) is 0 Å². The zero-order chi connectivity index (χ0) is 17.5. The SMILES string of the molecule is C=CCNc1nc(C(=O)OCC(=O)Nc2ccc(C)c(Cl)c2)cs1. The first-order valence-corrected chi connectivity index (χ1v) is 8.28. The van der Waals surface area contributed by atoms with Gasteiger partial charge in [-0.3, -0.25) is 4.79 Å². The lowest BCUT2D eigenvalue weighted by molar-refractivity contribution is -0.119. The lowest BCUT2D eigenvalue weighted by Crippen LogP contribution is -2.21. The van der Waals surface area contributed by atoms with Crippen LogP contribution >= 0.6 is 22.9 Å². The van der Waals surface area contributed by atoms with E-state index in [4.69, 9.17) is 16.3 Å². The summed E-state index contributed by atoms with van der Waals surface area (Å²) >= 11 is 7.26. The summed E-state index contributed by atoms with van der Waals surface area (Å²) in [6.45, 7) is 5.58. The van der Waals surface area contributed by atoms with Crippen LogP contribution in [0.5, 0.6) is 0 Å². The highest BCUT2D eigenvalue weighted by Gasteiger charge is 2.14. The largest absolute Gasteiger partial charge is 0.451 e. The number of aromatic nitrogens is 1. The highest BCUT2D eigenvalue weighted by molar-refractivity contribution is 7.13. The van der Waals surface area contributed by atoms with Crippen molar-refractivity contribution in [3.63, 3.8) is 0 Å². The third kappa shape index (κ3) is 5.07. The first-order chi connectivity index (χ1) is 11.5. The molecule has 2 aromatic rings. The second-order valence-electron chi connectivity index (χ2n) is 4.80. The summed E-state index contributed by atoms with van der Waals surface area (Å²) in [5.74, 6) is -1.11. The van der Waals surface area contributed by atoms with Crippen LogP contribution in [0.4, 0.5) is 10.8 Å². The van der Waals surface area contributed by atoms with Crippen LogP contribution < -0.4 is 10.6 Å². The van der Waals surface area contributed by atoms with Gasteiger partial charge in [-0.25, -0.2) is 9.78 Å². The number of carbonyl (C=O) groups is 2. The van der Waals surface area contributed by atoms with Crippen LogP contribution in [0.3, 0.4) is 0 Å². The molecule has 0 unspecified atom stereocenters. The molecule has 0 aliphatic rings. The average Bonchev–Trinajstić information content (AvgIpc) is 3.03. The molecule has 126 valence electrons. The van der Waals surface area contributed by atoms with Crippen molar-refractivity contribution in [2.75, 3.05) is 23.8 Å². The van der Waals surface area contributed by atoms with Crippen LogP contribution in [-0.2, 0) is 9.53 Å². The molecule has 2 N–H and O–H groups in total. The maximum atomic E-state index is 11.9. The summed E-state index contributed by atoms with van der Waals surface area (Å²) in [6.07, 6.45) is 1.68. The van der Waals surface area contributed by atoms with Crippen molar-refractivity contribution in [1.82, 2.24) is 4.98 Å². The standard InChI is InChI=1S/C16H16ClN3O3S/c1-3-6-18-16-20-13(9-24-16)15(22)23-8-14(21)19-11-5-4-10(2)12(17)7-11/h3-5,7,9H,1,6,8H2,2H3,(H,18,20)(H,19,21). The second-order valence-corrected chi connectivity index (χ2v) is 6.06. The molecule has 0 aliphatic heterocycles. The van der Waals surface area contributed by atoms with Gasteiger partial charge in [-0.05, 0) is 24.6 Å². The number of hydrogen-bond acceptors (Lipinski definition) is 6. The smallest absolute Gasteiger partial charge is 0.358 e. The summed E-state index contributed by atoms with van der Waals surface area (Å²) in [7, 11) is 0. The molecule has 0 bridgehead atoms. The maximum Gasteiger partial charge on any atom is 0.358 e. The van der Waals surface area contributed by atoms with Crippen molar-refractivity contribution in [1.29, 1.82) is 0 Å². The monoisotopic (exact) mass is 365 g/mol. The molecule has 0 fully saturated rings. The normalized spacial score (nSPS) is 10.1. The first kappa shape index (κ1) is 18.0. The number of esters is 1. The number of ether oxygens (including phenoxy) is 1. The van der Waals surface area contributed by atoms with E-state index in [1.807, 2.05) is 6.92 Å². The Hall–Kier alpha value is -2.38. The average molecular weight is 366 g/mol. The van der Waals surface area contributed by atoms with Crippen molar-refractivity contribution in [2.24, 2.45) is 0 Å². The van der Waals surface area contributed by atoms with Crippen LogP contribution in [-0.4, -0.2) is 30.0 Å². The summed E-state index contributed by atoms with van der Waals surface area (Å²) in [5.41, 5.74) is 1.60. The van der Waals surface area contributed by atoms with Crippen molar-refractivity contribution in [2.45, 2.75) is 6.92 Å². The van der Waals surface area contributed by atoms with E-state index < -0.39 is 18.5 Å². The summed E-state index contributed by atoms with van der Waals surface area (Å²) < 4.78 is 4.95. The van der Waals surface area contributed by atoms with E-state index in [2.05, 4.69) is 22.2 Å². The molecule has 0 atom stereocenters. The third-order valence-electron chi connectivity index (χ3n) is 2.90. The number of nitrogens with one attached hydrogen (secondary N) is 2. The van der Waals surface area contributed by atoms with Crippen LogP contribution in [0.25, 0.3) is 0 Å². The molecule has 0 radical (unpaired) electrons. The second kappa shape index (κ2) is 8.47. The highest BCUT2D eigenvalue weighted by Crippen LogP contribution is 2.20. The molecule has 1 aromatic heterocycles. The summed E-state index contributed by atoms with van der Waals surface area (Å²) in [4.78, 5) is 27.7. The fraction of sp³-hybridized carbons (Fsp3) is 0.188. The van der Waals surface area contributed by atoms with Crippen LogP contribution in [0.15, 0.2) is 36.2 Å². The first-order valence-electron chi connectivity index (χ1n) is 7.03. The van der Waals surface area contributed by atoms with Gasteiger partial charge in [0.25, 0.3) is 5.91 Å². The van der Waals surface area contributed by atoms with Gasteiger partial charge in [-0.15, -0.1) is 17.9 Å². The number of carbonyl (C=O) groups excluding carboxylic acids is 2. The molecule has 8 heteroatoms. The predicted molar refractivity (Wildman–Crippen MR) is 95.9 cm³/mol. The molecule has 1 heterocycles. The number of nitrogens with zero attached hydrogens (tertiary/aromatic N) is 1. The van der Waals surface area contributed by atoms with Crippen LogP contribution in [0, 0.1) is 6.92 Å². The molecule has 0 saturated carbocycles. The molecule has 0 saturated heterocycles. The van der Waals surface area contributed by atoms with Crippen LogP contribution in [0.2, 0.25) is 5.02 Å². The topological polar surface area (TPSA) is 80.3 Å². The molecule has 0 aliphatic carbocycles. The molecule has 6 nitrogen and oxygen atoms in total. The van der Waals surface area contributed by atoms with E-state index in [1.54, 1.807) is 29.7 Å². The maximum absolute atomic E-state index is 11.9. The van der Waals surface area contributed by atoms with Gasteiger partial charge in [0, 0.05) is 22.6 Å². The number of hydrogen-bond donors (Lipinski definition) is 2. The van der Waals surface area contributed by atoms with E-state index in [9.17, 15) is 9.59 Å². The van der Waals surface area contributed by atoms with Gasteiger partial charge >= 0.3 is 5.97 Å². The van der Waals surface area contributed by atoms with Crippen molar-refractivity contribution >= 4 is 45.6 Å². The molecule has 2 rings (SSSR count). The molecular weight excluding hydrogens is 350 g/mol. The lowest BCUT2D eigenvalue weighted by atomic mass is 10.2. The Bertz CT molecular complexity index is 761. The van der Waals surface area contributed by atoms with Crippen molar-refractivity contribution in [3.8, 4) is 0 Å². The summed E-state index contributed by atoms with van der Waals surface area (Å²) in [5, 5.41) is 8.27. The lowest BCUT2D eigenvalue weighted by Gasteiger charge is -2.07. The Kier molecular flexibility index (Phi) is 6.34. The number of anilines is 2. The van der Waals surface area contributed by atoms with E-state index in [-0.39, 0.29) is 5.69 Å². The fourth-order valence-electron chi connectivity index (χ4n) is 1.68. The number of thiazole rings is 1. The molecular formula is C16H16ClN3O3S. The molecule has 0 spiro atoms. The Balaban J connectivity index is 1.84. The summed E-state index contributed by atoms with van der Waals surface area (Å²) in [6, 6.07) is 5.14. The molecule has 1 aromatic carbocycles. The van der Waals surface area contributed by atoms with E-state index in [0.717, 1.165) is 5.56 Å². The van der Waals surface area contributed by atoms with Gasteiger partial charge in [0.15, 0.2) is 17.4 Å². The van der Waals surface area contributed by atoms with E-state index in [0.29, 0.717) is 22.4 Å². The van der Waals surface area contributed by atoms with Gasteiger partial charge in [-0.1, -0.05) is 23.7 Å². The van der Waals surface area contributed by atoms with Gasteiger partial charge in [-0.2, -0.15) is 0 Å². The van der Waals surface area contributed by atoms with Crippen LogP contribution in [0.1, 0.15) is 16.1 Å². The number of halogens is 1. The minimum Gasteiger partial charge on any atom is -0.451 e. The quantitative estimate of drug-likeness (QED) is 0.579. The predicted octanol–water partition coefficient (Wildman–Crippen LogP) is 3.50. The van der Waals surface area contributed by atoms with Gasteiger partial charge in [0.1, 0.15) is 0 Å². The molecule has 1 amide bonds. The van der Waals surface area contributed by atoms with Gasteiger partial charge in [0.05, 0.1) is 0 Å². The van der Waals surface area contributed by atoms with E-state index in [1.165, 1.54) is 11.3 Å². The van der Waals surface area contributed by atoms with Crippen molar-refractivity contribution < 1.29 is 14.3 Å². The third-order valence-corrected chi connectivity index (χ3v) is 4.11. The zero-order valence-corrected chi connectivity index (χ0v) is 14.5. The Morgan fingerprint density at radius 3 is 2.96 bits per heavy atom. The van der Waals surface area contributed by atoms with Crippen molar-refractivity contribution in [3.05, 3.63) is 52.5 Å².